The van der Waals surface area contributed by atoms with E-state index in [1.165, 1.54) is 11.8 Å². The minimum absolute atomic E-state index is 0.177. The normalized spacial score (nSPS) is 10.0. The molecule has 1 heterocycles. The molecule has 0 saturated carbocycles. The molecule has 0 radical (unpaired) electrons. The number of hydrogen-bond donors (Lipinski definition) is 1. The van der Waals surface area contributed by atoms with E-state index in [0.717, 1.165) is 12.1 Å². The molecular weight excluding hydrogens is 240 g/mol. The molecule has 1 aromatic carbocycles. The van der Waals surface area contributed by atoms with Crippen molar-refractivity contribution in [3.05, 3.63) is 53.7 Å². The van der Waals surface area contributed by atoms with E-state index < -0.39 is 0 Å². The summed E-state index contributed by atoms with van der Waals surface area (Å²) in [6.07, 6.45) is 2.44. The van der Waals surface area contributed by atoms with E-state index in [1.54, 1.807) is 19.2 Å². The highest BCUT2D eigenvalue weighted by molar-refractivity contribution is 6.04. The summed E-state index contributed by atoms with van der Waals surface area (Å²) in [6, 6.07) is 11.1. The minimum Gasteiger partial charge on any atom is -0.481 e. The van der Waals surface area contributed by atoms with Crippen LogP contribution >= 0.6 is 0 Å². The van der Waals surface area contributed by atoms with Crippen LogP contribution in [-0.4, -0.2) is 18.0 Å². The van der Waals surface area contributed by atoms with Crippen molar-refractivity contribution >= 4 is 11.6 Å². The first-order valence-corrected chi connectivity index (χ1v) is 6.13. The fraction of sp³-hybridized carbons (Fsp3) is 0.200. The molecule has 98 valence electrons. The van der Waals surface area contributed by atoms with Crippen LogP contribution in [0.25, 0.3) is 0 Å². The zero-order chi connectivity index (χ0) is 13.7. The van der Waals surface area contributed by atoms with Crippen LogP contribution in [0.2, 0.25) is 0 Å². The van der Waals surface area contributed by atoms with Crippen molar-refractivity contribution in [2.24, 2.45) is 0 Å². The van der Waals surface area contributed by atoms with Gasteiger partial charge in [0.2, 0.25) is 5.88 Å². The number of nitrogens with one attached hydrogen (secondary N) is 1. The largest absolute Gasteiger partial charge is 0.481 e. The van der Waals surface area contributed by atoms with Crippen LogP contribution in [0.1, 0.15) is 22.8 Å². The summed E-state index contributed by atoms with van der Waals surface area (Å²) in [7, 11) is 1.54. The molecule has 0 aliphatic rings. The number of amides is 1. The van der Waals surface area contributed by atoms with Gasteiger partial charge in [-0.15, -0.1) is 0 Å². The van der Waals surface area contributed by atoms with Crippen LogP contribution in [0.3, 0.4) is 0 Å². The van der Waals surface area contributed by atoms with E-state index in [9.17, 15) is 4.79 Å². The Kier molecular flexibility index (Phi) is 4.13. The van der Waals surface area contributed by atoms with Gasteiger partial charge >= 0.3 is 0 Å². The average Bonchev–Trinajstić information content (AvgIpc) is 2.47. The first-order chi connectivity index (χ1) is 9.22. The number of anilines is 1. The number of carbonyl (C=O) groups excluding carboxylic acids is 1. The maximum atomic E-state index is 12.0. The van der Waals surface area contributed by atoms with Gasteiger partial charge in [0.1, 0.15) is 0 Å². The lowest BCUT2D eigenvalue weighted by Gasteiger charge is -2.07. The third-order valence-corrected chi connectivity index (χ3v) is 2.80. The highest BCUT2D eigenvalue weighted by Gasteiger charge is 2.07. The molecule has 4 nitrogen and oxygen atoms in total. The van der Waals surface area contributed by atoms with E-state index in [2.05, 4.69) is 17.2 Å². The summed E-state index contributed by atoms with van der Waals surface area (Å²) in [6.45, 7) is 2.08. The Morgan fingerprint density at radius 2 is 2.16 bits per heavy atom. The van der Waals surface area contributed by atoms with Gasteiger partial charge < -0.3 is 10.1 Å². The second-order valence-electron chi connectivity index (χ2n) is 4.10. The number of rotatable bonds is 4. The predicted octanol–water partition coefficient (Wildman–Crippen LogP) is 2.90. The number of benzene rings is 1. The first kappa shape index (κ1) is 13.1. The van der Waals surface area contributed by atoms with Crippen molar-refractivity contribution < 1.29 is 9.53 Å². The van der Waals surface area contributed by atoms with Crippen LogP contribution in [-0.2, 0) is 6.42 Å². The number of methoxy groups -OCH3 is 1. The topological polar surface area (TPSA) is 51.2 Å². The Morgan fingerprint density at radius 3 is 2.79 bits per heavy atom. The minimum atomic E-state index is -0.177. The lowest BCUT2D eigenvalue weighted by Crippen LogP contribution is -2.12. The average molecular weight is 256 g/mol. The maximum absolute atomic E-state index is 12.0. The summed E-state index contributed by atoms with van der Waals surface area (Å²) in [5, 5.41) is 2.85. The Hall–Kier alpha value is -2.36. The van der Waals surface area contributed by atoms with Gasteiger partial charge in [0.25, 0.3) is 5.91 Å². The predicted molar refractivity (Wildman–Crippen MR) is 74.6 cm³/mol. The molecule has 0 aliphatic heterocycles. The molecule has 4 heteroatoms. The summed E-state index contributed by atoms with van der Waals surface area (Å²) in [5.74, 6) is 0.313. The Labute approximate surface area is 112 Å². The van der Waals surface area contributed by atoms with Gasteiger partial charge in [0.15, 0.2) is 0 Å². The number of ether oxygens (including phenoxy) is 1. The Morgan fingerprint density at radius 1 is 1.32 bits per heavy atom. The molecule has 0 fully saturated rings. The second-order valence-corrected chi connectivity index (χ2v) is 4.10. The SMILES string of the molecule is CCc1cccc(NC(=O)c2ccc(OC)nc2)c1. The van der Waals surface area contributed by atoms with Gasteiger partial charge in [-0.25, -0.2) is 4.98 Å². The number of hydrogen-bond acceptors (Lipinski definition) is 3. The van der Waals surface area contributed by atoms with E-state index in [0.29, 0.717) is 11.4 Å². The van der Waals surface area contributed by atoms with Crippen LogP contribution in [0.5, 0.6) is 5.88 Å². The molecule has 19 heavy (non-hydrogen) atoms. The van der Waals surface area contributed by atoms with Gasteiger partial charge in [-0.1, -0.05) is 19.1 Å². The molecule has 0 saturated heterocycles. The smallest absolute Gasteiger partial charge is 0.257 e. The molecule has 0 bridgehead atoms. The van der Waals surface area contributed by atoms with Gasteiger partial charge in [-0.3, -0.25) is 4.79 Å². The summed E-state index contributed by atoms with van der Waals surface area (Å²) in [5.41, 5.74) is 2.48. The molecule has 0 spiro atoms. The molecule has 1 aromatic heterocycles. The fourth-order valence-corrected chi connectivity index (χ4v) is 1.71. The molecule has 2 aromatic rings. The summed E-state index contributed by atoms with van der Waals surface area (Å²) < 4.78 is 4.95. The quantitative estimate of drug-likeness (QED) is 0.915. The zero-order valence-corrected chi connectivity index (χ0v) is 11.0. The van der Waals surface area contributed by atoms with Crippen LogP contribution in [0, 0.1) is 0 Å². The van der Waals surface area contributed by atoms with Crippen LogP contribution in [0.15, 0.2) is 42.6 Å². The second kappa shape index (κ2) is 6.00. The lowest BCUT2D eigenvalue weighted by atomic mass is 10.1. The highest BCUT2D eigenvalue weighted by atomic mass is 16.5. The Bertz CT molecular complexity index is 565. The number of carbonyl (C=O) groups is 1. The third-order valence-electron chi connectivity index (χ3n) is 2.80. The van der Waals surface area contributed by atoms with Gasteiger partial charge in [-0.2, -0.15) is 0 Å². The van der Waals surface area contributed by atoms with Crippen molar-refractivity contribution in [1.29, 1.82) is 0 Å². The molecular formula is C15H16N2O2. The fourth-order valence-electron chi connectivity index (χ4n) is 1.71. The number of pyridine rings is 1. The molecule has 0 aliphatic carbocycles. The van der Waals surface area contributed by atoms with Crippen molar-refractivity contribution in [3.63, 3.8) is 0 Å². The third kappa shape index (κ3) is 3.31. The van der Waals surface area contributed by atoms with E-state index in [1.807, 2.05) is 24.3 Å². The maximum Gasteiger partial charge on any atom is 0.257 e. The van der Waals surface area contributed by atoms with Gasteiger partial charge in [0.05, 0.1) is 12.7 Å². The van der Waals surface area contributed by atoms with E-state index in [4.69, 9.17) is 4.74 Å². The molecule has 1 amide bonds. The van der Waals surface area contributed by atoms with Crippen molar-refractivity contribution in [1.82, 2.24) is 4.98 Å². The number of nitrogens with zero attached hydrogens (tertiary/aromatic N) is 1. The first-order valence-electron chi connectivity index (χ1n) is 6.13. The van der Waals surface area contributed by atoms with Crippen molar-refractivity contribution in [2.45, 2.75) is 13.3 Å². The number of aryl methyl sites for hydroxylation is 1. The summed E-state index contributed by atoms with van der Waals surface area (Å²) >= 11 is 0. The summed E-state index contributed by atoms with van der Waals surface area (Å²) in [4.78, 5) is 16.0. The van der Waals surface area contributed by atoms with Crippen LogP contribution < -0.4 is 10.1 Å². The zero-order valence-electron chi connectivity index (χ0n) is 11.0. The highest BCUT2D eigenvalue weighted by Crippen LogP contribution is 2.13. The lowest BCUT2D eigenvalue weighted by molar-refractivity contribution is 0.102. The Balaban J connectivity index is 2.11. The van der Waals surface area contributed by atoms with E-state index in [-0.39, 0.29) is 5.91 Å². The van der Waals surface area contributed by atoms with E-state index >= 15 is 0 Å². The van der Waals surface area contributed by atoms with Crippen molar-refractivity contribution in [3.8, 4) is 5.88 Å². The molecule has 0 atom stereocenters. The molecule has 2 rings (SSSR count). The molecule has 1 N–H and O–H groups in total. The van der Waals surface area contributed by atoms with Gasteiger partial charge in [-0.05, 0) is 30.2 Å². The van der Waals surface area contributed by atoms with Crippen LogP contribution in [0.4, 0.5) is 5.69 Å². The van der Waals surface area contributed by atoms with Crippen molar-refractivity contribution in [2.75, 3.05) is 12.4 Å². The van der Waals surface area contributed by atoms with Gasteiger partial charge in [0, 0.05) is 18.0 Å². The molecule has 0 unspecified atom stereocenters. The standard InChI is InChI=1S/C15H16N2O2/c1-3-11-5-4-6-13(9-11)17-15(18)12-7-8-14(19-2)16-10-12/h4-10H,3H2,1-2H3,(H,17,18). The number of aromatic nitrogens is 1. The monoisotopic (exact) mass is 256 g/mol.